The van der Waals surface area contributed by atoms with Crippen LogP contribution >= 0.6 is 11.6 Å². The highest BCUT2D eigenvalue weighted by Crippen LogP contribution is 2.60. The summed E-state index contributed by atoms with van der Waals surface area (Å²) in [4.78, 5) is 12.6. The molecule has 170 valence electrons. The molecule has 4 aliphatic rings. The average molecular weight is 473 g/mol. The minimum atomic E-state index is -3.62. The van der Waals surface area contributed by atoms with Gasteiger partial charge in [-0.3, -0.25) is 9.10 Å². The summed E-state index contributed by atoms with van der Waals surface area (Å²) in [7, 11) is -3.62. The first-order valence-corrected chi connectivity index (χ1v) is 13.6. The van der Waals surface area contributed by atoms with E-state index in [1.807, 2.05) is 12.1 Å². The zero-order valence-electron chi connectivity index (χ0n) is 18.3. The van der Waals surface area contributed by atoms with E-state index in [0.717, 1.165) is 24.0 Å². The van der Waals surface area contributed by atoms with Gasteiger partial charge in [0.1, 0.15) is 6.54 Å². The number of carbonyl (C=O) groups is 1. The molecule has 32 heavy (non-hydrogen) atoms. The molecule has 4 fully saturated rings. The molecule has 6 rings (SSSR count). The van der Waals surface area contributed by atoms with Crippen LogP contribution in [0, 0.1) is 17.8 Å². The molecular weight excluding hydrogens is 444 g/mol. The van der Waals surface area contributed by atoms with Gasteiger partial charge < -0.3 is 5.32 Å². The third kappa shape index (κ3) is 4.27. The maximum absolute atomic E-state index is 12.6. The van der Waals surface area contributed by atoms with Gasteiger partial charge in [-0.15, -0.1) is 0 Å². The van der Waals surface area contributed by atoms with E-state index in [-0.39, 0.29) is 12.0 Å². The summed E-state index contributed by atoms with van der Waals surface area (Å²) in [5.74, 6) is 2.16. The molecule has 0 spiro atoms. The number of rotatable bonds is 6. The zero-order chi connectivity index (χ0) is 22.5. The monoisotopic (exact) mass is 472 g/mol. The molecule has 4 bridgehead atoms. The topological polar surface area (TPSA) is 66.5 Å². The second kappa shape index (κ2) is 8.07. The second-order valence-corrected chi connectivity index (χ2v) is 12.4. The Kier molecular flexibility index (Phi) is 5.49. The number of nitrogens with zero attached hydrogens (tertiary/aromatic N) is 1. The molecule has 0 radical (unpaired) electrons. The van der Waals surface area contributed by atoms with Crippen molar-refractivity contribution in [3.05, 3.63) is 59.1 Å². The molecule has 0 unspecified atom stereocenters. The molecule has 2 aromatic carbocycles. The summed E-state index contributed by atoms with van der Waals surface area (Å²) in [6, 6.07) is 14.6. The van der Waals surface area contributed by atoms with E-state index >= 15 is 0 Å². The van der Waals surface area contributed by atoms with Crippen molar-refractivity contribution in [2.24, 2.45) is 17.8 Å². The number of nitrogens with one attached hydrogen (secondary N) is 1. The number of benzene rings is 2. The van der Waals surface area contributed by atoms with Crippen LogP contribution in [0.5, 0.6) is 0 Å². The second-order valence-electron chi connectivity index (χ2n) is 10.1. The van der Waals surface area contributed by atoms with E-state index in [9.17, 15) is 13.2 Å². The largest absolute Gasteiger partial charge is 0.325 e. The van der Waals surface area contributed by atoms with Crippen LogP contribution in [0.1, 0.15) is 44.1 Å². The number of anilines is 2. The summed E-state index contributed by atoms with van der Waals surface area (Å²) in [5.41, 5.74) is 2.69. The van der Waals surface area contributed by atoms with E-state index in [4.69, 9.17) is 11.6 Å². The fourth-order valence-electron chi connectivity index (χ4n) is 6.71. The molecule has 0 aromatic heterocycles. The molecule has 1 amide bonds. The number of halogens is 1. The number of carbonyl (C=O) groups excluding carboxylic acids is 1. The fraction of sp³-hybridized carbons (Fsp3) is 0.480. The van der Waals surface area contributed by atoms with Crippen LogP contribution in [0.25, 0.3) is 0 Å². The standard InChI is InChI=1S/C25H29ClN2O3S/c1-32(30,31)28(16-24(29)27-22-6-4-21(26)5-7-22)23-8-2-20(3-9-23)25-13-17-10-18(14-25)12-19(11-17)15-25/h2-9,17-19H,10-16H2,1H3,(H,27,29). The van der Waals surface area contributed by atoms with Crippen molar-refractivity contribution in [2.45, 2.75) is 43.9 Å². The van der Waals surface area contributed by atoms with Gasteiger partial charge in [0, 0.05) is 10.7 Å². The first-order chi connectivity index (χ1) is 15.2. The highest BCUT2D eigenvalue weighted by atomic mass is 35.5. The Labute approximate surface area is 195 Å². The molecule has 7 heteroatoms. The van der Waals surface area contributed by atoms with Crippen LogP contribution in [0.2, 0.25) is 5.02 Å². The van der Waals surface area contributed by atoms with Crippen LogP contribution in [0.3, 0.4) is 0 Å². The first kappa shape index (κ1) is 21.8. The quantitative estimate of drug-likeness (QED) is 0.627. The fourth-order valence-corrected chi connectivity index (χ4v) is 7.69. The Morgan fingerprint density at radius 3 is 2.00 bits per heavy atom. The van der Waals surface area contributed by atoms with Gasteiger partial charge in [-0.25, -0.2) is 8.42 Å². The predicted molar refractivity (Wildman–Crippen MR) is 129 cm³/mol. The van der Waals surface area contributed by atoms with Gasteiger partial charge in [-0.2, -0.15) is 0 Å². The summed E-state index contributed by atoms with van der Waals surface area (Å²) < 4.78 is 26.2. The van der Waals surface area contributed by atoms with E-state index in [1.165, 1.54) is 48.4 Å². The van der Waals surface area contributed by atoms with Gasteiger partial charge in [0.2, 0.25) is 15.9 Å². The first-order valence-electron chi connectivity index (χ1n) is 11.3. The van der Waals surface area contributed by atoms with Gasteiger partial charge >= 0.3 is 0 Å². The number of hydrogen-bond acceptors (Lipinski definition) is 3. The molecule has 5 nitrogen and oxygen atoms in total. The lowest BCUT2D eigenvalue weighted by Crippen LogP contribution is -2.48. The van der Waals surface area contributed by atoms with Crippen molar-refractivity contribution >= 4 is 38.9 Å². The Hall–Kier alpha value is -2.05. The zero-order valence-corrected chi connectivity index (χ0v) is 19.8. The molecule has 2 aromatic rings. The predicted octanol–water partition coefficient (Wildman–Crippen LogP) is 5.21. The van der Waals surface area contributed by atoms with Crippen molar-refractivity contribution in [3.8, 4) is 0 Å². The Morgan fingerprint density at radius 2 is 1.50 bits per heavy atom. The van der Waals surface area contributed by atoms with E-state index in [2.05, 4.69) is 17.4 Å². The van der Waals surface area contributed by atoms with Gasteiger partial charge in [-0.05, 0) is 104 Å². The molecular formula is C25H29ClN2O3S. The Bertz CT molecular complexity index is 1080. The lowest BCUT2D eigenvalue weighted by molar-refractivity contribution is -0.114. The maximum Gasteiger partial charge on any atom is 0.245 e. The summed E-state index contributed by atoms with van der Waals surface area (Å²) >= 11 is 5.88. The van der Waals surface area contributed by atoms with Crippen LogP contribution in [-0.4, -0.2) is 27.1 Å². The van der Waals surface area contributed by atoms with E-state index in [0.29, 0.717) is 16.4 Å². The number of amides is 1. The van der Waals surface area contributed by atoms with Crippen molar-refractivity contribution in [1.29, 1.82) is 0 Å². The highest BCUT2D eigenvalue weighted by Gasteiger charge is 2.51. The third-order valence-electron chi connectivity index (χ3n) is 7.62. The maximum atomic E-state index is 12.6. The van der Waals surface area contributed by atoms with Gasteiger partial charge in [0.15, 0.2) is 0 Å². The lowest BCUT2D eigenvalue weighted by atomic mass is 9.48. The van der Waals surface area contributed by atoms with Crippen molar-refractivity contribution < 1.29 is 13.2 Å². The molecule has 0 aliphatic heterocycles. The van der Waals surface area contributed by atoms with E-state index < -0.39 is 15.9 Å². The van der Waals surface area contributed by atoms with Crippen LogP contribution in [-0.2, 0) is 20.2 Å². The summed E-state index contributed by atoms with van der Waals surface area (Å²) in [5, 5.41) is 3.31. The minimum Gasteiger partial charge on any atom is -0.325 e. The SMILES string of the molecule is CS(=O)(=O)N(CC(=O)Nc1ccc(Cl)cc1)c1ccc(C23CC4CC(CC(C4)C2)C3)cc1. The van der Waals surface area contributed by atoms with Crippen LogP contribution in [0.15, 0.2) is 48.5 Å². The van der Waals surface area contributed by atoms with Gasteiger partial charge in [0.05, 0.1) is 11.9 Å². The summed E-state index contributed by atoms with van der Waals surface area (Å²) in [6.45, 7) is -0.280. The molecule has 0 atom stereocenters. The Balaban J connectivity index is 1.34. The highest BCUT2D eigenvalue weighted by molar-refractivity contribution is 7.92. The summed E-state index contributed by atoms with van der Waals surface area (Å²) in [6.07, 6.45) is 9.09. The molecule has 1 N–H and O–H groups in total. The smallest absolute Gasteiger partial charge is 0.245 e. The normalized spacial score (nSPS) is 28.5. The molecule has 0 saturated heterocycles. The van der Waals surface area contributed by atoms with Crippen LogP contribution in [0.4, 0.5) is 11.4 Å². The third-order valence-corrected chi connectivity index (χ3v) is 9.01. The number of hydrogen-bond donors (Lipinski definition) is 1. The molecule has 4 saturated carbocycles. The molecule has 0 heterocycles. The number of sulfonamides is 1. The van der Waals surface area contributed by atoms with Crippen molar-refractivity contribution in [2.75, 3.05) is 22.4 Å². The van der Waals surface area contributed by atoms with Crippen molar-refractivity contribution in [1.82, 2.24) is 0 Å². The van der Waals surface area contributed by atoms with E-state index in [1.54, 1.807) is 24.3 Å². The average Bonchev–Trinajstić information content (AvgIpc) is 2.72. The molecule has 4 aliphatic carbocycles. The van der Waals surface area contributed by atoms with Gasteiger partial charge in [0.25, 0.3) is 0 Å². The lowest BCUT2D eigenvalue weighted by Gasteiger charge is -2.57. The Morgan fingerprint density at radius 1 is 0.969 bits per heavy atom. The van der Waals surface area contributed by atoms with Gasteiger partial charge in [-0.1, -0.05) is 23.7 Å². The minimum absolute atomic E-state index is 0.259. The van der Waals surface area contributed by atoms with Crippen molar-refractivity contribution in [3.63, 3.8) is 0 Å². The van der Waals surface area contributed by atoms with Crippen LogP contribution < -0.4 is 9.62 Å².